The number of anilines is 2. The van der Waals surface area contributed by atoms with Gasteiger partial charge in [0.05, 0.1) is 17.5 Å². The summed E-state index contributed by atoms with van der Waals surface area (Å²) >= 11 is 1.49. The molecular formula is C13H18ClN3O2S. The van der Waals surface area contributed by atoms with Crippen molar-refractivity contribution in [1.82, 2.24) is 0 Å². The lowest BCUT2D eigenvalue weighted by Gasteiger charge is -2.18. The van der Waals surface area contributed by atoms with Gasteiger partial charge in [-0.15, -0.1) is 24.2 Å². The Balaban J connectivity index is 0.00000200. The fourth-order valence-corrected chi connectivity index (χ4v) is 2.63. The Morgan fingerprint density at radius 3 is 3.00 bits per heavy atom. The Morgan fingerprint density at radius 2 is 2.30 bits per heavy atom. The minimum Gasteiger partial charge on any atom is -0.325 e. The van der Waals surface area contributed by atoms with Crippen molar-refractivity contribution in [3.05, 3.63) is 18.2 Å². The molecule has 1 aliphatic heterocycles. The number of thioether (sulfide) groups is 1. The maximum atomic E-state index is 11.8. The summed E-state index contributed by atoms with van der Waals surface area (Å²) in [6.45, 7) is 1.98. The van der Waals surface area contributed by atoms with E-state index >= 15 is 0 Å². The van der Waals surface area contributed by atoms with Crippen LogP contribution in [0.4, 0.5) is 11.4 Å². The molecular weight excluding hydrogens is 298 g/mol. The molecule has 2 rings (SSSR count). The van der Waals surface area contributed by atoms with Gasteiger partial charge in [0.25, 0.3) is 0 Å². The largest absolute Gasteiger partial charge is 0.325 e. The first-order chi connectivity index (χ1) is 9.10. The Kier molecular flexibility index (Phi) is 6.32. The van der Waals surface area contributed by atoms with Crippen LogP contribution in [0.5, 0.6) is 0 Å². The van der Waals surface area contributed by atoms with Crippen molar-refractivity contribution in [2.45, 2.75) is 30.7 Å². The minimum absolute atomic E-state index is 0. The number of nitrogens with one attached hydrogen (secondary N) is 2. The third-order valence-corrected chi connectivity index (χ3v) is 3.89. The number of fused-ring (bicyclic) bond motifs is 1. The maximum absolute atomic E-state index is 11.8. The third-order valence-electron chi connectivity index (χ3n) is 2.82. The van der Waals surface area contributed by atoms with Gasteiger partial charge >= 0.3 is 0 Å². The Hall–Kier alpha value is -1.24. The van der Waals surface area contributed by atoms with E-state index in [1.807, 2.05) is 19.1 Å². The molecule has 0 saturated carbocycles. The second-order valence-corrected chi connectivity index (χ2v) is 5.45. The highest BCUT2D eigenvalue weighted by atomic mass is 35.5. The summed E-state index contributed by atoms with van der Waals surface area (Å²) in [6, 6.07) is 4.97. The molecule has 0 aliphatic carbocycles. The molecule has 0 aromatic heterocycles. The number of hydrogen-bond acceptors (Lipinski definition) is 4. The molecule has 1 unspecified atom stereocenters. The summed E-state index contributed by atoms with van der Waals surface area (Å²) in [4.78, 5) is 24.1. The van der Waals surface area contributed by atoms with E-state index < -0.39 is 6.04 Å². The lowest BCUT2D eigenvalue weighted by Crippen LogP contribution is -2.35. The zero-order valence-corrected chi connectivity index (χ0v) is 12.8. The highest BCUT2D eigenvalue weighted by Gasteiger charge is 2.17. The molecule has 0 spiro atoms. The van der Waals surface area contributed by atoms with Crippen molar-refractivity contribution in [3.63, 3.8) is 0 Å². The Labute approximate surface area is 128 Å². The molecule has 5 nitrogen and oxygen atoms in total. The monoisotopic (exact) mass is 315 g/mol. The first-order valence-electron chi connectivity index (χ1n) is 6.23. The molecule has 0 saturated heterocycles. The molecule has 1 aromatic rings. The molecule has 1 atom stereocenters. The number of carbonyl (C=O) groups is 2. The van der Waals surface area contributed by atoms with E-state index in [1.54, 1.807) is 6.07 Å². The van der Waals surface area contributed by atoms with Gasteiger partial charge in [0.2, 0.25) is 11.8 Å². The van der Waals surface area contributed by atoms with E-state index in [0.29, 0.717) is 17.9 Å². The number of carbonyl (C=O) groups excluding carboxylic acids is 2. The quantitative estimate of drug-likeness (QED) is 0.795. The lowest BCUT2D eigenvalue weighted by molar-refractivity contribution is -0.117. The molecule has 7 heteroatoms. The Morgan fingerprint density at radius 1 is 1.55 bits per heavy atom. The lowest BCUT2D eigenvalue weighted by atomic mass is 10.1. The predicted molar refractivity (Wildman–Crippen MR) is 84.6 cm³/mol. The molecule has 0 radical (unpaired) electrons. The van der Waals surface area contributed by atoms with E-state index in [4.69, 9.17) is 5.73 Å². The van der Waals surface area contributed by atoms with Crippen LogP contribution >= 0.6 is 24.2 Å². The van der Waals surface area contributed by atoms with E-state index in [0.717, 1.165) is 17.0 Å². The Bertz CT molecular complexity index is 510. The average molecular weight is 316 g/mol. The van der Waals surface area contributed by atoms with Crippen LogP contribution in [-0.4, -0.2) is 23.6 Å². The number of halogens is 1. The van der Waals surface area contributed by atoms with Crippen molar-refractivity contribution in [1.29, 1.82) is 0 Å². The molecule has 1 heterocycles. The van der Waals surface area contributed by atoms with Gasteiger partial charge in [-0.05, 0) is 24.6 Å². The van der Waals surface area contributed by atoms with Gasteiger partial charge in [0, 0.05) is 10.6 Å². The van der Waals surface area contributed by atoms with E-state index in [9.17, 15) is 9.59 Å². The van der Waals surface area contributed by atoms with Crippen LogP contribution in [-0.2, 0) is 9.59 Å². The number of rotatable bonds is 4. The summed E-state index contributed by atoms with van der Waals surface area (Å²) in [5, 5.41) is 5.55. The number of amides is 2. The van der Waals surface area contributed by atoms with E-state index in [-0.39, 0.29) is 24.2 Å². The zero-order valence-electron chi connectivity index (χ0n) is 11.1. The van der Waals surface area contributed by atoms with Crippen molar-refractivity contribution in [2.75, 3.05) is 16.4 Å². The second-order valence-electron chi connectivity index (χ2n) is 4.43. The molecule has 2 amide bonds. The van der Waals surface area contributed by atoms with Crippen LogP contribution < -0.4 is 16.4 Å². The zero-order chi connectivity index (χ0) is 13.8. The van der Waals surface area contributed by atoms with Gasteiger partial charge in [0.1, 0.15) is 0 Å². The topological polar surface area (TPSA) is 84.2 Å². The molecule has 1 aliphatic rings. The minimum atomic E-state index is -0.495. The number of benzene rings is 1. The summed E-state index contributed by atoms with van der Waals surface area (Å²) in [5.41, 5.74) is 7.14. The second kappa shape index (κ2) is 7.52. The smallest absolute Gasteiger partial charge is 0.241 e. The van der Waals surface area contributed by atoms with Crippen LogP contribution in [0, 0.1) is 0 Å². The fourth-order valence-electron chi connectivity index (χ4n) is 1.84. The van der Waals surface area contributed by atoms with Crippen molar-refractivity contribution >= 4 is 47.4 Å². The predicted octanol–water partition coefficient (Wildman–Crippen LogP) is 2.22. The van der Waals surface area contributed by atoms with Gasteiger partial charge in [-0.25, -0.2) is 0 Å². The molecule has 20 heavy (non-hydrogen) atoms. The van der Waals surface area contributed by atoms with Gasteiger partial charge in [-0.1, -0.05) is 13.3 Å². The number of nitrogens with two attached hydrogens (primary N) is 1. The van der Waals surface area contributed by atoms with Crippen LogP contribution in [0.15, 0.2) is 23.1 Å². The third kappa shape index (κ3) is 4.13. The highest BCUT2D eigenvalue weighted by molar-refractivity contribution is 8.00. The summed E-state index contributed by atoms with van der Waals surface area (Å²) in [5.74, 6) is 0.209. The van der Waals surface area contributed by atoms with Crippen molar-refractivity contribution in [2.24, 2.45) is 5.73 Å². The normalized spacial score (nSPS) is 14.6. The molecule has 1 aromatic carbocycles. The van der Waals surface area contributed by atoms with Crippen molar-refractivity contribution < 1.29 is 9.59 Å². The number of hydrogen-bond donors (Lipinski definition) is 3. The molecule has 4 N–H and O–H groups in total. The van der Waals surface area contributed by atoms with Crippen LogP contribution in [0.25, 0.3) is 0 Å². The van der Waals surface area contributed by atoms with E-state index in [2.05, 4.69) is 10.6 Å². The van der Waals surface area contributed by atoms with Gasteiger partial charge in [-0.3, -0.25) is 9.59 Å². The molecule has 0 fully saturated rings. The summed E-state index contributed by atoms with van der Waals surface area (Å²) < 4.78 is 0. The van der Waals surface area contributed by atoms with Crippen LogP contribution in [0.1, 0.15) is 19.8 Å². The first-order valence-corrected chi connectivity index (χ1v) is 7.22. The standard InChI is InChI=1S/C13H17N3O2S.ClH/c1-2-3-9(14)13(18)15-8-4-5-11-10(6-8)16-12(17)7-19-11;/h4-6,9H,2-3,7,14H2,1H3,(H,15,18)(H,16,17);1H. The SMILES string of the molecule is CCCC(N)C(=O)Nc1ccc2c(c1)NC(=O)CS2.Cl. The summed E-state index contributed by atoms with van der Waals surface area (Å²) in [7, 11) is 0. The molecule has 0 bridgehead atoms. The van der Waals surface area contributed by atoms with E-state index in [1.165, 1.54) is 11.8 Å². The first kappa shape index (κ1) is 16.8. The van der Waals surface area contributed by atoms with Gasteiger partial charge in [-0.2, -0.15) is 0 Å². The summed E-state index contributed by atoms with van der Waals surface area (Å²) in [6.07, 6.45) is 1.52. The fraction of sp³-hybridized carbons (Fsp3) is 0.385. The highest BCUT2D eigenvalue weighted by Crippen LogP contribution is 2.33. The van der Waals surface area contributed by atoms with Crippen LogP contribution in [0.3, 0.4) is 0 Å². The molecule has 110 valence electrons. The maximum Gasteiger partial charge on any atom is 0.241 e. The van der Waals surface area contributed by atoms with Gasteiger partial charge in [0.15, 0.2) is 0 Å². The van der Waals surface area contributed by atoms with Gasteiger partial charge < -0.3 is 16.4 Å². The van der Waals surface area contributed by atoms with Crippen LogP contribution in [0.2, 0.25) is 0 Å². The van der Waals surface area contributed by atoms with Crippen molar-refractivity contribution in [3.8, 4) is 0 Å². The average Bonchev–Trinajstić information content (AvgIpc) is 2.38.